The molecule has 0 radical (unpaired) electrons. The Bertz CT molecular complexity index is 607. The molecule has 22 heavy (non-hydrogen) atoms. The molecule has 0 aliphatic carbocycles. The highest BCUT2D eigenvalue weighted by atomic mass is 16.6. The third kappa shape index (κ3) is 4.74. The van der Waals surface area contributed by atoms with Crippen molar-refractivity contribution >= 4 is 11.9 Å². The van der Waals surface area contributed by atoms with E-state index >= 15 is 0 Å². The topological polar surface area (TPSA) is 52.6 Å². The van der Waals surface area contributed by atoms with Crippen molar-refractivity contribution in [1.82, 2.24) is 0 Å². The summed E-state index contributed by atoms with van der Waals surface area (Å²) in [4.78, 5) is 23.6. The van der Waals surface area contributed by atoms with Crippen molar-refractivity contribution in [1.29, 1.82) is 0 Å². The summed E-state index contributed by atoms with van der Waals surface area (Å²) >= 11 is 0. The predicted molar refractivity (Wildman–Crippen MR) is 82.7 cm³/mol. The Labute approximate surface area is 129 Å². The van der Waals surface area contributed by atoms with E-state index in [4.69, 9.17) is 9.47 Å². The van der Waals surface area contributed by atoms with Crippen LogP contribution in [-0.2, 0) is 9.47 Å². The molecule has 0 amide bonds. The van der Waals surface area contributed by atoms with E-state index in [1.54, 1.807) is 55.5 Å². The maximum Gasteiger partial charge on any atom is 0.338 e. The van der Waals surface area contributed by atoms with Crippen LogP contribution in [0.5, 0.6) is 0 Å². The predicted octanol–water partition coefficient (Wildman–Crippen LogP) is 3.48. The minimum absolute atomic E-state index is 0.205. The average Bonchev–Trinajstić information content (AvgIpc) is 2.56. The van der Waals surface area contributed by atoms with Crippen LogP contribution in [0.25, 0.3) is 0 Å². The van der Waals surface area contributed by atoms with Gasteiger partial charge in [-0.15, -0.1) is 0 Å². The second-order valence-corrected chi connectivity index (χ2v) is 4.87. The zero-order chi connectivity index (χ0) is 15.8. The molecule has 0 aromatic heterocycles. The van der Waals surface area contributed by atoms with E-state index in [1.165, 1.54) is 0 Å². The van der Waals surface area contributed by atoms with Gasteiger partial charge in [-0.3, -0.25) is 0 Å². The van der Waals surface area contributed by atoms with Crippen molar-refractivity contribution in [3.8, 4) is 0 Å². The highest BCUT2D eigenvalue weighted by molar-refractivity contribution is 5.89. The van der Waals surface area contributed by atoms with E-state index < -0.39 is 0 Å². The van der Waals surface area contributed by atoms with Crippen LogP contribution in [0.2, 0.25) is 0 Å². The smallest absolute Gasteiger partial charge is 0.338 e. The first-order valence-electron chi connectivity index (χ1n) is 7.15. The van der Waals surface area contributed by atoms with Gasteiger partial charge in [-0.1, -0.05) is 36.4 Å². The fourth-order valence-corrected chi connectivity index (χ4v) is 1.86. The molecule has 114 valence electrons. The van der Waals surface area contributed by atoms with Crippen LogP contribution in [0.4, 0.5) is 0 Å². The molecule has 0 fully saturated rings. The lowest BCUT2D eigenvalue weighted by molar-refractivity contribution is 0.0229. The van der Waals surface area contributed by atoms with Gasteiger partial charge in [0.15, 0.2) is 0 Å². The number of hydrogen-bond donors (Lipinski definition) is 0. The number of hydrogen-bond acceptors (Lipinski definition) is 4. The third-order valence-corrected chi connectivity index (χ3v) is 3.08. The van der Waals surface area contributed by atoms with Gasteiger partial charge in [-0.25, -0.2) is 9.59 Å². The van der Waals surface area contributed by atoms with Gasteiger partial charge in [-0.2, -0.15) is 0 Å². The minimum atomic E-state index is -0.373. The zero-order valence-corrected chi connectivity index (χ0v) is 12.4. The Morgan fingerprint density at radius 1 is 0.864 bits per heavy atom. The standard InChI is InChI=1S/C18H18O4/c1-14(22-18(20)16-10-6-3-7-11-16)12-13-21-17(19)15-8-4-2-5-9-15/h2-11,14H,12-13H2,1H3/t14-/m1/s1. The van der Waals surface area contributed by atoms with E-state index in [1.807, 2.05) is 12.1 Å². The molecule has 0 N–H and O–H groups in total. The summed E-state index contributed by atoms with van der Waals surface area (Å²) in [6.07, 6.45) is 0.133. The number of benzene rings is 2. The SMILES string of the molecule is C[C@H](CCOC(=O)c1ccccc1)OC(=O)c1ccccc1. The zero-order valence-electron chi connectivity index (χ0n) is 12.4. The van der Waals surface area contributed by atoms with E-state index in [0.29, 0.717) is 17.5 Å². The first-order chi connectivity index (χ1) is 10.7. The largest absolute Gasteiger partial charge is 0.462 e. The number of rotatable bonds is 6. The molecule has 2 aromatic rings. The second-order valence-electron chi connectivity index (χ2n) is 4.87. The summed E-state index contributed by atoms with van der Waals surface area (Å²) < 4.78 is 10.4. The van der Waals surface area contributed by atoms with Crippen LogP contribution in [0.1, 0.15) is 34.1 Å². The third-order valence-electron chi connectivity index (χ3n) is 3.08. The van der Waals surface area contributed by atoms with Crippen LogP contribution in [0.15, 0.2) is 60.7 Å². The molecule has 4 nitrogen and oxygen atoms in total. The first-order valence-corrected chi connectivity index (χ1v) is 7.15. The molecular formula is C18H18O4. The van der Waals surface area contributed by atoms with Crippen molar-refractivity contribution in [3.63, 3.8) is 0 Å². The first kappa shape index (κ1) is 15.8. The summed E-state index contributed by atoms with van der Waals surface area (Å²) in [6.45, 7) is 1.98. The normalized spacial score (nSPS) is 11.5. The van der Waals surface area contributed by atoms with Crippen molar-refractivity contribution < 1.29 is 19.1 Å². The lowest BCUT2D eigenvalue weighted by atomic mass is 10.2. The molecule has 0 heterocycles. The van der Waals surface area contributed by atoms with Gasteiger partial charge in [0.05, 0.1) is 17.7 Å². The van der Waals surface area contributed by atoms with Gasteiger partial charge < -0.3 is 9.47 Å². The molecular weight excluding hydrogens is 280 g/mol. The molecule has 0 spiro atoms. The second kappa shape index (κ2) is 7.98. The van der Waals surface area contributed by atoms with Gasteiger partial charge in [0, 0.05) is 6.42 Å². The molecule has 0 saturated heterocycles. The van der Waals surface area contributed by atoms with E-state index in [-0.39, 0.29) is 24.6 Å². The lowest BCUT2D eigenvalue weighted by Crippen LogP contribution is -2.18. The molecule has 0 aliphatic rings. The molecule has 0 unspecified atom stereocenters. The lowest BCUT2D eigenvalue weighted by Gasteiger charge is -2.13. The number of ether oxygens (including phenoxy) is 2. The van der Waals surface area contributed by atoms with Crippen molar-refractivity contribution in [2.24, 2.45) is 0 Å². The van der Waals surface area contributed by atoms with Gasteiger partial charge in [0.25, 0.3) is 0 Å². The van der Waals surface area contributed by atoms with Crippen LogP contribution in [-0.4, -0.2) is 24.6 Å². The number of esters is 2. The fraction of sp³-hybridized carbons (Fsp3) is 0.222. The van der Waals surface area contributed by atoms with Gasteiger partial charge in [0.2, 0.25) is 0 Å². The highest BCUT2D eigenvalue weighted by Gasteiger charge is 2.13. The van der Waals surface area contributed by atoms with E-state index in [0.717, 1.165) is 0 Å². The summed E-state index contributed by atoms with van der Waals surface area (Å²) in [7, 11) is 0. The molecule has 1 atom stereocenters. The minimum Gasteiger partial charge on any atom is -0.462 e. The van der Waals surface area contributed by atoms with Crippen molar-refractivity contribution in [2.75, 3.05) is 6.61 Å². The Morgan fingerprint density at radius 3 is 1.91 bits per heavy atom. The van der Waals surface area contributed by atoms with Gasteiger partial charge in [0.1, 0.15) is 6.10 Å². The Hall–Kier alpha value is -2.62. The summed E-state index contributed by atoms with van der Waals surface area (Å²) in [5, 5.41) is 0. The highest BCUT2D eigenvalue weighted by Crippen LogP contribution is 2.07. The monoisotopic (exact) mass is 298 g/mol. The van der Waals surface area contributed by atoms with Crippen LogP contribution in [0, 0.1) is 0 Å². The maximum atomic E-state index is 11.8. The van der Waals surface area contributed by atoms with Gasteiger partial charge in [-0.05, 0) is 31.2 Å². The van der Waals surface area contributed by atoms with Crippen LogP contribution < -0.4 is 0 Å². The van der Waals surface area contributed by atoms with Gasteiger partial charge >= 0.3 is 11.9 Å². The maximum absolute atomic E-state index is 11.8. The Kier molecular flexibility index (Phi) is 5.72. The molecule has 2 aromatic carbocycles. The number of carbonyl (C=O) groups excluding carboxylic acids is 2. The molecule has 0 saturated carbocycles. The fourth-order valence-electron chi connectivity index (χ4n) is 1.86. The molecule has 2 rings (SSSR count). The average molecular weight is 298 g/mol. The summed E-state index contributed by atoms with van der Waals surface area (Å²) in [5.74, 6) is -0.746. The van der Waals surface area contributed by atoms with E-state index in [2.05, 4.69) is 0 Å². The van der Waals surface area contributed by atoms with Crippen LogP contribution >= 0.6 is 0 Å². The van der Waals surface area contributed by atoms with Crippen molar-refractivity contribution in [2.45, 2.75) is 19.4 Å². The molecule has 4 heteroatoms. The Balaban J connectivity index is 1.73. The molecule has 0 aliphatic heterocycles. The summed E-state index contributed by atoms with van der Waals surface area (Å²) in [5.41, 5.74) is 1.02. The van der Waals surface area contributed by atoms with E-state index in [9.17, 15) is 9.59 Å². The van der Waals surface area contributed by atoms with Crippen molar-refractivity contribution in [3.05, 3.63) is 71.8 Å². The quantitative estimate of drug-likeness (QED) is 0.766. The summed E-state index contributed by atoms with van der Waals surface area (Å²) in [6, 6.07) is 17.6. The van der Waals surface area contributed by atoms with Crippen LogP contribution in [0.3, 0.4) is 0 Å². The molecule has 0 bridgehead atoms. The Morgan fingerprint density at radius 2 is 1.36 bits per heavy atom. The number of carbonyl (C=O) groups is 2.